The minimum absolute atomic E-state index is 0.0641. The summed E-state index contributed by atoms with van der Waals surface area (Å²) in [6, 6.07) is 7.88. The van der Waals surface area contributed by atoms with Gasteiger partial charge in [0.15, 0.2) is 11.0 Å². The van der Waals surface area contributed by atoms with Gasteiger partial charge in [-0.15, -0.1) is 0 Å². The predicted molar refractivity (Wildman–Crippen MR) is 145 cm³/mol. The Morgan fingerprint density at radius 2 is 1.92 bits per heavy atom. The molecule has 0 saturated carbocycles. The molecule has 0 radical (unpaired) electrons. The monoisotopic (exact) mass is 600 g/mol. The van der Waals surface area contributed by atoms with Crippen molar-refractivity contribution in [2.24, 2.45) is 5.92 Å². The Hall–Kier alpha value is -2.35. The SMILES string of the molecule is C[Si](C)(C)CCOCn1c(-c2ccc(F)cn2)nc(Cl)c1-c1ccc(S(=O)(=O)N2CC(C(=O)O)C2)cc1Cl. The zero-order valence-electron chi connectivity index (χ0n) is 21.0. The molecule has 1 aliphatic heterocycles. The van der Waals surface area contributed by atoms with E-state index >= 15 is 0 Å². The zero-order valence-corrected chi connectivity index (χ0v) is 24.3. The first kappa shape index (κ1) is 28.6. The highest BCUT2D eigenvalue weighted by molar-refractivity contribution is 7.89. The second kappa shape index (κ2) is 11.0. The lowest BCUT2D eigenvalue weighted by molar-refractivity contribution is -0.145. The summed E-state index contributed by atoms with van der Waals surface area (Å²) < 4.78 is 48.2. The highest BCUT2D eigenvalue weighted by Gasteiger charge is 2.40. The number of aliphatic carboxylic acids is 1. The average Bonchev–Trinajstić information content (AvgIpc) is 3.10. The fourth-order valence-electron chi connectivity index (χ4n) is 3.83. The van der Waals surface area contributed by atoms with E-state index in [-0.39, 0.29) is 34.9 Å². The molecule has 0 atom stereocenters. The Bertz CT molecular complexity index is 1460. The van der Waals surface area contributed by atoms with Crippen LogP contribution in [0.15, 0.2) is 41.4 Å². The van der Waals surface area contributed by atoms with Crippen LogP contribution in [-0.4, -0.2) is 66.1 Å². The fourth-order valence-corrected chi connectivity index (χ4v) is 6.76. The van der Waals surface area contributed by atoms with Crippen molar-refractivity contribution in [3.8, 4) is 22.8 Å². The second-order valence-corrected chi connectivity index (χ2v) is 18.5. The lowest BCUT2D eigenvalue weighted by Crippen LogP contribution is -2.52. The van der Waals surface area contributed by atoms with E-state index in [4.69, 9.17) is 33.0 Å². The first-order valence-corrected chi connectivity index (χ1v) is 17.7. The molecule has 1 aromatic carbocycles. The third-order valence-electron chi connectivity index (χ3n) is 6.13. The van der Waals surface area contributed by atoms with Crippen molar-refractivity contribution in [1.29, 1.82) is 0 Å². The topological polar surface area (TPSA) is 115 Å². The number of benzene rings is 1. The lowest BCUT2D eigenvalue weighted by atomic mass is 10.0. The molecule has 0 bridgehead atoms. The standard InChI is InChI=1S/C24H27Cl2FN4O5SSi/c1-38(2,3)9-8-36-14-31-21(22(26)29-23(31)20-7-4-16(27)11-28-20)18-6-5-17(10-19(18)25)37(34,35)30-12-15(13-30)24(32)33/h4-7,10-11,15H,8-9,12-14H2,1-3H3,(H,32,33). The van der Waals surface area contributed by atoms with Gasteiger partial charge in [0, 0.05) is 33.3 Å². The molecule has 1 aliphatic rings. The van der Waals surface area contributed by atoms with Gasteiger partial charge in [0.1, 0.15) is 18.2 Å². The average molecular weight is 602 g/mol. The molecular weight excluding hydrogens is 574 g/mol. The van der Waals surface area contributed by atoms with Crippen LogP contribution in [0.3, 0.4) is 0 Å². The Morgan fingerprint density at radius 3 is 2.50 bits per heavy atom. The van der Waals surface area contributed by atoms with Gasteiger partial charge in [0.05, 0.1) is 27.7 Å². The number of rotatable bonds is 10. The van der Waals surface area contributed by atoms with E-state index in [0.717, 1.165) is 16.5 Å². The van der Waals surface area contributed by atoms with E-state index < -0.39 is 35.8 Å². The molecule has 1 saturated heterocycles. The largest absolute Gasteiger partial charge is 0.481 e. The third kappa shape index (κ3) is 6.10. The van der Waals surface area contributed by atoms with Crippen LogP contribution >= 0.6 is 23.2 Å². The summed E-state index contributed by atoms with van der Waals surface area (Å²) in [6.07, 6.45) is 1.07. The van der Waals surface area contributed by atoms with Gasteiger partial charge >= 0.3 is 5.97 Å². The van der Waals surface area contributed by atoms with Crippen molar-refractivity contribution < 1.29 is 27.4 Å². The van der Waals surface area contributed by atoms with Crippen molar-refractivity contribution in [2.75, 3.05) is 19.7 Å². The number of pyridine rings is 1. The van der Waals surface area contributed by atoms with Gasteiger partial charge in [-0.3, -0.25) is 9.36 Å². The van der Waals surface area contributed by atoms with Gasteiger partial charge in [-0.2, -0.15) is 4.31 Å². The highest BCUT2D eigenvalue weighted by atomic mass is 35.5. The summed E-state index contributed by atoms with van der Waals surface area (Å²) in [4.78, 5) is 19.6. The normalized spacial score (nSPS) is 15.0. The Kier molecular flexibility index (Phi) is 8.31. The van der Waals surface area contributed by atoms with Crippen LogP contribution in [0.25, 0.3) is 22.8 Å². The molecule has 1 fully saturated rings. The number of ether oxygens (including phenoxy) is 1. The number of aromatic nitrogens is 3. The third-order valence-corrected chi connectivity index (χ3v) is 10.2. The van der Waals surface area contributed by atoms with Crippen LogP contribution in [0.4, 0.5) is 4.39 Å². The molecule has 14 heteroatoms. The summed E-state index contributed by atoms with van der Waals surface area (Å²) >= 11 is 13.1. The van der Waals surface area contributed by atoms with Crippen LogP contribution in [0.1, 0.15) is 0 Å². The van der Waals surface area contributed by atoms with Gasteiger partial charge in [0.2, 0.25) is 10.0 Å². The Labute approximate surface area is 231 Å². The Balaban J connectivity index is 1.69. The van der Waals surface area contributed by atoms with Crippen molar-refractivity contribution in [3.05, 3.63) is 52.5 Å². The van der Waals surface area contributed by atoms with Crippen LogP contribution in [0.5, 0.6) is 0 Å². The van der Waals surface area contributed by atoms with Crippen LogP contribution < -0.4 is 0 Å². The minimum Gasteiger partial charge on any atom is -0.481 e. The maximum absolute atomic E-state index is 13.5. The first-order valence-electron chi connectivity index (χ1n) is 11.8. The summed E-state index contributed by atoms with van der Waals surface area (Å²) in [5.74, 6) is -1.93. The number of hydrogen-bond acceptors (Lipinski definition) is 6. The van der Waals surface area contributed by atoms with Crippen LogP contribution in [0, 0.1) is 11.7 Å². The van der Waals surface area contributed by atoms with Gasteiger partial charge in [-0.05, 0) is 36.4 Å². The summed E-state index contributed by atoms with van der Waals surface area (Å²) in [5.41, 5.74) is 1.18. The smallest absolute Gasteiger partial charge is 0.309 e. The van der Waals surface area contributed by atoms with Gasteiger partial charge < -0.3 is 9.84 Å². The number of carboxylic acid groups (broad SMARTS) is 1. The van der Waals surface area contributed by atoms with Gasteiger partial charge in [0.25, 0.3) is 0 Å². The molecule has 3 aromatic rings. The number of halogens is 3. The molecule has 1 N–H and O–H groups in total. The molecule has 9 nitrogen and oxygen atoms in total. The second-order valence-electron chi connectivity index (χ2n) is 10.2. The van der Waals surface area contributed by atoms with E-state index in [0.29, 0.717) is 29.4 Å². The molecule has 0 amide bonds. The number of carboxylic acids is 1. The molecule has 0 unspecified atom stereocenters. The molecule has 2 aromatic heterocycles. The van der Waals surface area contributed by atoms with Gasteiger partial charge in [-0.25, -0.2) is 22.8 Å². The molecular formula is C24H27Cl2FN4O5SSi. The summed E-state index contributed by atoms with van der Waals surface area (Å²) in [7, 11) is -5.27. The summed E-state index contributed by atoms with van der Waals surface area (Å²) in [5, 5.41) is 9.26. The van der Waals surface area contributed by atoms with E-state index in [9.17, 15) is 17.6 Å². The number of carbonyl (C=O) groups is 1. The van der Waals surface area contributed by atoms with Crippen molar-refractivity contribution in [1.82, 2.24) is 18.8 Å². The minimum atomic E-state index is -3.92. The highest BCUT2D eigenvalue weighted by Crippen LogP contribution is 2.38. The van der Waals surface area contributed by atoms with E-state index in [1.807, 2.05) is 0 Å². The molecule has 38 heavy (non-hydrogen) atoms. The lowest BCUT2D eigenvalue weighted by Gasteiger charge is -2.35. The number of nitrogens with zero attached hydrogens (tertiary/aromatic N) is 4. The quantitative estimate of drug-likeness (QED) is 0.255. The number of sulfonamides is 1. The number of imidazole rings is 1. The fraction of sp³-hybridized carbons (Fsp3) is 0.375. The molecule has 4 rings (SSSR count). The van der Waals surface area contributed by atoms with Crippen molar-refractivity contribution >= 4 is 47.3 Å². The first-order chi connectivity index (χ1) is 17.8. The van der Waals surface area contributed by atoms with Crippen LogP contribution in [-0.2, 0) is 26.3 Å². The molecule has 0 aliphatic carbocycles. The maximum Gasteiger partial charge on any atom is 0.309 e. The zero-order chi connectivity index (χ0) is 27.8. The molecule has 204 valence electrons. The van der Waals surface area contributed by atoms with Crippen molar-refractivity contribution in [2.45, 2.75) is 37.3 Å². The Morgan fingerprint density at radius 1 is 1.21 bits per heavy atom. The maximum atomic E-state index is 13.5. The molecule has 0 spiro atoms. The number of hydrogen-bond donors (Lipinski definition) is 1. The van der Waals surface area contributed by atoms with E-state index in [1.165, 1.54) is 30.3 Å². The molecule has 3 heterocycles. The summed E-state index contributed by atoms with van der Waals surface area (Å²) in [6.45, 7) is 7.09. The van der Waals surface area contributed by atoms with Crippen molar-refractivity contribution in [3.63, 3.8) is 0 Å². The van der Waals surface area contributed by atoms with Crippen LogP contribution in [0.2, 0.25) is 35.9 Å². The predicted octanol–water partition coefficient (Wildman–Crippen LogP) is 5.08. The van der Waals surface area contributed by atoms with E-state index in [1.54, 1.807) is 4.57 Å². The van der Waals surface area contributed by atoms with Gasteiger partial charge in [-0.1, -0.05) is 42.8 Å². The van der Waals surface area contributed by atoms with E-state index in [2.05, 4.69) is 29.6 Å².